The molecule has 1 atom stereocenters. The van der Waals surface area contributed by atoms with E-state index < -0.39 is 10.0 Å². The molecule has 1 aromatic heterocycles. The number of anilines is 1. The predicted octanol–water partition coefficient (Wildman–Crippen LogP) is 1.49. The highest BCUT2D eigenvalue weighted by molar-refractivity contribution is 7.90. The molecule has 3 rings (SSSR count). The number of piperidine rings is 1. The molecule has 0 radical (unpaired) electrons. The molecule has 7 heteroatoms. The van der Waals surface area contributed by atoms with Crippen LogP contribution >= 0.6 is 0 Å². The van der Waals surface area contributed by atoms with Gasteiger partial charge in [-0.2, -0.15) is 0 Å². The van der Waals surface area contributed by atoms with Gasteiger partial charge in [0.2, 0.25) is 10.0 Å². The first-order valence-corrected chi connectivity index (χ1v) is 10.0. The van der Waals surface area contributed by atoms with Gasteiger partial charge in [0.05, 0.1) is 5.25 Å². The van der Waals surface area contributed by atoms with Gasteiger partial charge in [-0.05, 0) is 49.9 Å². The number of nitrogens with two attached hydrogens (primary N) is 1. The molecular formula is C16H26N4O2S. The topological polar surface area (TPSA) is 88.3 Å². The molecule has 2 aliphatic rings. The SMILES string of the molecule is Nc1cc(CN2CCC[C@@H](S(=O)(=O)NC3CCCC3)C2)ccn1. The molecule has 1 saturated carbocycles. The zero-order valence-corrected chi connectivity index (χ0v) is 14.3. The van der Waals surface area contributed by atoms with Crippen molar-refractivity contribution in [1.82, 2.24) is 14.6 Å². The van der Waals surface area contributed by atoms with Crippen LogP contribution in [-0.2, 0) is 16.6 Å². The summed E-state index contributed by atoms with van der Waals surface area (Å²) in [6, 6.07) is 3.94. The van der Waals surface area contributed by atoms with Crippen LogP contribution in [0.3, 0.4) is 0 Å². The van der Waals surface area contributed by atoms with Crippen molar-refractivity contribution in [3.63, 3.8) is 0 Å². The molecule has 3 N–H and O–H groups in total. The Morgan fingerprint density at radius 1 is 1.26 bits per heavy atom. The number of hydrogen-bond acceptors (Lipinski definition) is 5. The Morgan fingerprint density at radius 2 is 2.04 bits per heavy atom. The second-order valence-electron chi connectivity index (χ2n) is 6.73. The number of rotatable bonds is 5. The Labute approximate surface area is 138 Å². The van der Waals surface area contributed by atoms with Crippen LogP contribution in [0, 0.1) is 0 Å². The summed E-state index contributed by atoms with van der Waals surface area (Å²) in [5.41, 5.74) is 6.80. The number of nitrogens with zero attached hydrogens (tertiary/aromatic N) is 2. The second-order valence-corrected chi connectivity index (χ2v) is 8.72. The van der Waals surface area contributed by atoms with E-state index in [1.54, 1.807) is 6.20 Å². The van der Waals surface area contributed by atoms with Gasteiger partial charge < -0.3 is 5.73 Å². The summed E-state index contributed by atoms with van der Waals surface area (Å²) in [6.07, 6.45) is 7.58. The van der Waals surface area contributed by atoms with E-state index in [1.165, 1.54) is 0 Å². The summed E-state index contributed by atoms with van der Waals surface area (Å²) in [5.74, 6) is 0.506. The van der Waals surface area contributed by atoms with Crippen LogP contribution in [-0.4, -0.2) is 42.7 Å². The highest BCUT2D eigenvalue weighted by Crippen LogP contribution is 2.23. The third-order valence-electron chi connectivity index (χ3n) is 4.84. The lowest BCUT2D eigenvalue weighted by Crippen LogP contribution is -2.48. The zero-order chi connectivity index (χ0) is 16.3. The first-order valence-electron chi connectivity index (χ1n) is 8.47. The monoisotopic (exact) mass is 338 g/mol. The van der Waals surface area contributed by atoms with Crippen LogP contribution in [0.15, 0.2) is 18.3 Å². The van der Waals surface area contributed by atoms with Crippen LogP contribution < -0.4 is 10.5 Å². The van der Waals surface area contributed by atoms with Crippen LogP contribution in [0.1, 0.15) is 44.1 Å². The maximum atomic E-state index is 12.6. The van der Waals surface area contributed by atoms with Gasteiger partial charge in [0.1, 0.15) is 5.82 Å². The molecule has 2 fully saturated rings. The fraction of sp³-hybridized carbons (Fsp3) is 0.688. The van der Waals surface area contributed by atoms with E-state index in [2.05, 4.69) is 14.6 Å². The van der Waals surface area contributed by atoms with E-state index >= 15 is 0 Å². The number of pyridine rings is 1. The average molecular weight is 338 g/mol. The first kappa shape index (κ1) is 16.7. The van der Waals surface area contributed by atoms with Crippen molar-refractivity contribution in [3.8, 4) is 0 Å². The smallest absolute Gasteiger partial charge is 0.215 e. The summed E-state index contributed by atoms with van der Waals surface area (Å²) in [4.78, 5) is 6.20. The standard InChI is InChI=1S/C16H26N4O2S/c17-16-10-13(7-8-18-16)11-20-9-3-6-15(12-20)23(21,22)19-14-4-1-2-5-14/h7-8,10,14-15,19H,1-6,9,11-12H2,(H2,17,18)/t15-/m1/s1. The molecule has 0 spiro atoms. The van der Waals surface area contributed by atoms with E-state index in [-0.39, 0.29) is 11.3 Å². The molecule has 128 valence electrons. The van der Waals surface area contributed by atoms with Gasteiger partial charge in [0.15, 0.2) is 0 Å². The summed E-state index contributed by atoms with van der Waals surface area (Å²) < 4.78 is 28.2. The Bertz CT molecular complexity index is 629. The van der Waals surface area contributed by atoms with Gasteiger partial charge >= 0.3 is 0 Å². The number of nitrogens with one attached hydrogen (secondary N) is 1. The number of aromatic nitrogens is 1. The van der Waals surface area contributed by atoms with E-state index in [0.29, 0.717) is 12.4 Å². The van der Waals surface area contributed by atoms with Crippen LogP contribution in [0.25, 0.3) is 0 Å². The highest BCUT2D eigenvalue weighted by Gasteiger charge is 2.32. The summed E-state index contributed by atoms with van der Waals surface area (Å²) in [5, 5.41) is -0.309. The molecule has 1 aromatic rings. The lowest BCUT2D eigenvalue weighted by atomic mass is 10.1. The molecule has 2 heterocycles. The van der Waals surface area contributed by atoms with Gasteiger partial charge in [-0.3, -0.25) is 4.90 Å². The molecule has 23 heavy (non-hydrogen) atoms. The third kappa shape index (κ3) is 4.43. The molecular weight excluding hydrogens is 312 g/mol. The van der Waals surface area contributed by atoms with Crippen molar-refractivity contribution in [2.75, 3.05) is 18.8 Å². The molecule has 1 aliphatic heterocycles. The van der Waals surface area contributed by atoms with Crippen LogP contribution in [0.5, 0.6) is 0 Å². The Hall–Kier alpha value is -1.18. The minimum atomic E-state index is -3.23. The summed E-state index contributed by atoms with van der Waals surface area (Å²) in [6.45, 7) is 2.24. The van der Waals surface area contributed by atoms with E-state index in [4.69, 9.17) is 5.73 Å². The van der Waals surface area contributed by atoms with Crippen molar-refractivity contribution >= 4 is 15.8 Å². The molecule has 0 bridgehead atoms. The average Bonchev–Trinajstić information content (AvgIpc) is 3.00. The Kier molecular flexibility index (Phi) is 5.18. The quantitative estimate of drug-likeness (QED) is 0.849. The van der Waals surface area contributed by atoms with Crippen molar-refractivity contribution < 1.29 is 8.42 Å². The molecule has 0 amide bonds. The second kappa shape index (κ2) is 7.15. The molecule has 0 unspecified atom stereocenters. The molecule has 6 nitrogen and oxygen atoms in total. The number of sulfonamides is 1. The fourth-order valence-corrected chi connectivity index (χ4v) is 5.41. The largest absolute Gasteiger partial charge is 0.384 e. The van der Waals surface area contributed by atoms with E-state index in [9.17, 15) is 8.42 Å². The van der Waals surface area contributed by atoms with Gasteiger partial charge in [0.25, 0.3) is 0 Å². The fourth-order valence-electron chi connectivity index (χ4n) is 3.63. The van der Waals surface area contributed by atoms with E-state index in [1.807, 2.05) is 12.1 Å². The highest BCUT2D eigenvalue weighted by atomic mass is 32.2. The number of hydrogen-bond donors (Lipinski definition) is 2. The van der Waals surface area contributed by atoms with Crippen molar-refractivity contribution in [1.29, 1.82) is 0 Å². The first-order chi connectivity index (χ1) is 11.0. The Balaban J connectivity index is 1.61. The van der Waals surface area contributed by atoms with E-state index in [0.717, 1.165) is 57.2 Å². The minimum Gasteiger partial charge on any atom is -0.384 e. The van der Waals surface area contributed by atoms with Crippen LogP contribution in [0.2, 0.25) is 0 Å². The maximum Gasteiger partial charge on any atom is 0.215 e. The van der Waals surface area contributed by atoms with Gasteiger partial charge in [0, 0.05) is 25.3 Å². The lowest BCUT2D eigenvalue weighted by Gasteiger charge is -2.33. The van der Waals surface area contributed by atoms with Crippen molar-refractivity contribution in [2.24, 2.45) is 0 Å². The van der Waals surface area contributed by atoms with Gasteiger partial charge in [-0.15, -0.1) is 0 Å². The normalized spacial score (nSPS) is 24.1. The zero-order valence-electron chi connectivity index (χ0n) is 13.4. The van der Waals surface area contributed by atoms with Crippen molar-refractivity contribution in [3.05, 3.63) is 23.9 Å². The summed E-state index contributed by atoms with van der Waals surface area (Å²) in [7, 11) is -3.23. The van der Waals surface area contributed by atoms with Crippen molar-refractivity contribution in [2.45, 2.75) is 56.4 Å². The predicted molar refractivity (Wildman–Crippen MR) is 91.3 cm³/mol. The van der Waals surface area contributed by atoms with Crippen LogP contribution in [0.4, 0.5) is 5.82 Å². The number of nitrogen functional groups attached to an aromatic ring is 1. The van der Waals surface area contributed by atoms with Gasteiger partial charge in [-0.1, -0.05) is 12.8 Å². The molecule has 1 aliphatic carbocycles. The molecule has 0 aromatic carbocycles. The third-order valence-corrected chi connectivity index (χ3v) is 6.76. The minimum absolute atomic E-state index is 0.148. The van der Waals surface area contributed by atoms with Gasteiger partial charge in [-0.25, -0.2) is 18.1 Å². The number of likely N-dealkylation sites (tertiary alicyclic amines) is 1. The Morgan fingerprint density at radius 3 is 2.78 bits per heavy atom. The maximum absolute atomic E-state index is 12.6. The molecule has 1 saturated heterocycles. The summed E-state index contributed by atoms with van der Waals surface area (Å²) >= 11 is 0. The lowest BCUT2D eigenvalue weighted by molar-refractivity contribution is 0.221.